The molecule has 0 bridgehead atoms. The van der Waals surface area contributed by atoms with E-state index >= 15 is 0 Å². The summed E-state index contributed by atoms with van der Waals surface area (Å²) in [5.74, 6) is -1.71. The molecule has 0 fully saturated rings. The molecule has 11 heavy (non-hydrogen) atoms. The summed E-state index contributed by atoms with van der Waals surface area (Å²) in [7, 11) is 0. The quantitative estimate of drug-likeness (QED) is 0.564. The number of hydrogen-bond donors (Lipinski definition) is 2. The molecule has 0 saturated carbocycles. The number of carbonyl (C=O) groups is 2. The van der Waals surface area contributed by atoms with E-state index in [0.717, 1.165) is 12.5 Å². The Bertz CT molecular complexity index is 161. The molecule has 0 aliphatic carbocycles. The third kappa shape index (κ3) is 53.9. The highest BCUT2D eigenvalue weighted by molar-refractivity contribution is 5.80. The molecular formula is C7H12O4. The molecule has 0 rings (SSSR count). The average molecular weight is 160 g/mol. The maximum Gasteiger partial charge on any atom is 0.328 e. The maximum atomic E-state index is 9.73. The fraction of sp³-hybridized carbons (Fsp3) is 0.429. The summed E-state index contributed by atoms with van der Waals surface area (Å²) in [6.45, 7) is 4.57. The van der Waals surface area contributed by atoms with Crippen LogP contribution < -0.4 is 0 Å². The standard InChI is InChI=1S/C5H8O2.C2H4O2/c1-4(2)3-5(6)7;1-2(3)4/h3H,1-2H3,(H,6,7);1H3,(H,3,4). The van der Waals surface area contributed by atoms with Crippen LogP contribution in [0.3, 0.4) is 0 Å². The average Bonchev–Trinajstić information content (AvgIpc) is 1.56. The van der Waals surface area contributed by atoms with Crippen LogP contribution in [0.2, 0.25) is 0 Å². The van der Waals surface area contributed by atoms with Gasteiger partial charge in [-0.3, -0.25) is 4.79 Å². The van der Waals surface area contributed by atoms with Crippen LogP contribution >= 0.6 is 0 Å². The van der Waals surface area contributed by atoms with Crippen LogP contribution in [0.15, 0.2) is 11.6 Å². The monoisotopic (exact) mass is 160 g/mol. The summed E-state index contributed by atoms with van der Waals surface area (Å²) in [5, 5.41) is 15.4. The van der Waals surface area contributed by atoms with Crippen LogP contribution in [0, 0.1) is 0 Å². The van der Waals surface area contributed by atoms with Gasteiger partial charge in [0.15, 0.2) is 0 Å². The largest absolute Gasteiger partial charge is 0.481 e. The number of aliphatic carboxylic acids is 2. The molecule has 0 saturated heterocycles. The number of carboxylic acid groups (broad SMARTS) is 2. The fourth-order valence-electron chi connectivity index (χ4n) is 0.247. The smallest absolute Gasteiger partial charge is 0.328 e. The zero-order chi connectivity index (χ0) is 9.44. The van der Waals surface area contributed by atoms with Crippen molar-refractivity contribution in [2.24, 2.45) is 0 Å². The molecule has 0 amide bonds. The Balaban J connectivity index is 0. The van der Waals surface area contributed by atoms with E-state index in [1.54, 1.807) is 13.8 Å². The van der Waals surface area contributed by atoms with Crippen molar-refractivity contribution >= 4 is 11.9 Å². The Morgan fingerprint density at radius 1 is 1.09 bits per heavy atom. The highest BCUT2D eigenvalue weighted by atomic mass is 16.4. The second-order valence-electron chi connectivity index (χ2n) is 2.08. The van der Waals surface area contributed by atoms with Gasteiger partial charge in [0.1, 0.15) is 0 Å². The van der Waals surface area contributed by atoms with Gasteiger partial charge in [0.25, 0.3) is 5.97 Å². The molecule has 2 N–H and O–H groups in total. The second-order valence-corrected chi connectivity index (χ2v) is 2.08. The normalized spacial score (nSPS) is 7.18. The van der Waals surface area contributed by atoms with Gasteiger partial charge < -0.3 is 10.2 Å². The first-order chi connectivity index (χ1) is 4.86. The highest BCUT2D eigenvalue weighted by Gasteiger charge is 1.83. The first kappa shape index (κ1) is 12.4. The minimum Gasteiger partial charge on any atom is -0.481 e. The van der Waals surface area contributed by atoms with Crippen LogP contribution in [0.5, 0.6) is 0 Å². The molecule has 0 aliphatic rings. The zero-order valence-electron chi connectivity index (χ0n) is 6.79. The number of carboxylic acids is 2. The van der Waals surface area contributed by atoms with Crippen molar-refractivity contribution in [1.29, 1.82) is 0 Å². The number of allylic oxidation sites excluding steroid dienone is 1. The Kier molecular flexibility index (Phi) is 7.64. The predicted octanol–water partition coefficient (Wildman–Crippen LogP) is 1.13. The number of rotatable bonds is 1. The summed E-state index contributed by atoms with van der Waals surface area (Å²) in [5.41, 5.74) is 0.813. The van der Waals surface area contributed by atoms with E-state index in [9.17, 15) is 4.79 Å². The fourth-order valence-corrected chi connectivity index (χ4v) is 0.247. The van der Waals surface area contributed by atoms with E-state index in [1.807, 2.05) is 0 Å². The summed E-state index contributed by atoms with van der Waals surface area (Å²) < 4.78 is 0. The lowest BCUT2D eigenvalue weighted by atomic mass is 10.3. The van der Waals surface area contributed by atoms with E-state index in [2.05, 4.69) is 0 Å². The van der Waals surface area contributed by atoms with Crippen LogP contribution in [-0.2, 0) is 9.59 Å². The van der Waals surface area contributed by atoms with E-state index < -0.39 is 11.9 Å². The molecule has 0 atom stereocenters. The van der Waals surface area contributed by atoms with Crippen molar-refractivity contribution in [2.45, 2.75) is 20.8 Å². The summed E-state index contributed by atoms with van der Waals surface area (Å²) in [4.78, 5) is 18.7. The van der Waals surface area contributed by atoms with Gasteiger partial charge in [-0.05, 0) is 13.8 Å². The lowest BCUT2D eigenvalue weighted by molar-refractivity contribution is -0.134. The van der Waals surface area contributed by atoms with Crippen LogP contribution in [0.25, 0.3) is 0 Å². The van der Waals surface area contributed by atoms with Crippen LogP contribution in [0.4, 0.5) is 0 Å². The molecule has 0 unspecified atom stereocenters. The SMILES string of the molecule is CC(=O)O.CC(C)=CC(=O)O. The van der Waals surface area contributed by atoms with Crippen molar-refractivity contribution in [2.75, 3.05) is 0 Å². The van der Waals surface area contributed by atoms with Gasteiger partial charge in [-0.1, -0.05) is 5.57 Å². The van der Waals surface area contributed by atoms with Gasteiger partial charge in [0.2, 0.25) is 0 Å². The van der Waals surface area contributed by atoms with Crippen LogP contribution in [0.1, 0.15) is 20.8 Å². The van der Waals surface area contributed by atoms with Crippen molar-refractivity contribution in [3.05, 3.63) is 11.6 Å². The van der Waals surface area contributed by atoms with Gasteiger partial charge in [-0.15, -0.1) is 0 Å². The molecule has 0 radical (unpaired) electrons. The molecule has 0 aromatic carbocycles. The number of hydrogen-bond acceptors (Lipinski definition) is 2. The first-order valence-corrected chi connectivity index (χ1v) is 2.93. The summed E-state index contributed by atoms with van der Waals surface area (Å²) >= 11 is 0. The minimum absolute atomic E-state index is 0.813. The molecular weight excluding hydrogens is 148 g/mol. The third-order valence-electron chi connectivity index (χ3n) is 0.412. The van der Waals surface area contributed by atoms with E-state index in [4.69, 9.17) is 15.0 Å². The molecule has 4 nitrogen and oxygen atoms in total. The van der Waals surface area contributed by atoms with Crippen molar-refractivity contribution < 1.29 is 19.8 Å². The Hall–Kier alpha value is -1.32. The molecule has 0 aromatic rings. The minimum atomic E-state index is -0.875. The molecule has 64 valence electrons. The Morgan fingerprint density at radius 3 is 1.36 bits per heavy atom. The third-order valence-corrected chi connectivity index (χ3v) is 0.412. The first-order valence-electron chi connectivity index (χ1n) is 2.93. The van der Waals surface area contributed by atoms with E-state index in [1.165, 1.54) is 6.08 Å². The molecule has 0 aromatic heterocycles. The summed E-state index contributed by atoms with van der Waals surface area (Å²) in [6.07, 6.45) is 1.17. The lowest BCUT2D eigenvalue weighted by Gasteiger charge is -1.79. The van der Waals surface area contributed by atoms with Gasteiger partial charge >= 0.3 is 5.97 Å². The van der Waals surface area contributed by atoms with Gasteiger partial charge in [-0.2, -0.15) is 0 Å². The highest BCUT2D eigenvalue weighted by Crippen LogP contribution is 1.85. The summed E-state index contributed by atoms with van der Waals surface area (Å²) in [6, 6.07) is 0. The topological polar surface area (TPSA) is 74.6 Å². The van der Waals surface area contributed by atoms with E-state index in [0.29, 0.717) is 0 Å². The molecule has 4 heteroatoms. The second kappa shape index (κ2) is 6.80. The Morgan fingerprint density at radius 2 is 1.36 bits per heavy atom. The maximum absolute atomic E-state index is 9.73. The van der Waals surface area contributed by atoms with Crippen molar-refractivity contribution in [3.63, 3.8) is 0 Å². The molecule has 0 spiro atoms. The van der Waals surface area contributed by atoms with E-state index in [-0.39, 0.29) is 0 Å². The van der Waals surface area contributed by atoms with Crippen molar-refractivity contribution in [1.82, 2.24) is 0 Å². The predicted molar refractivity (Wildman–Crippen MR) is 40.4 cm³/mol. The molecule has 0 heterocycles. The lowest BCUT2D eigenvalue weighted by Crippen LogP contribution is -1.86. The van der Waals surface area contributed by atoms with Crippen LogP contribution in [-0.4, -0.2) is 22.2 Å². The zero-order valence-corrected chi connectivity index (χ0v) is 6.79. The van der Waals surface area contributed by atoms with Gasteiger partial charge in [0.05, 0.1) is 0 Å². The van der Waals surface area contributed by atoms with Gasteiger partial charge in [0, 0.05) is 13.0 Å². The molecule has 0 aliphatic heterocycles. The Labute approximate surface area is 65.2 Å². The van der Waals surface area contributed by atoms with Crippen molar-refractivity contribution in [3.8, 4) is 0 Å². The van der Waals surface area contributed by atoms with Gasteiger partial charge in [-0.25, -0.2) is 4.79 Å².